The first-order chi connectivity index (χ1) is 10.7. The average molecular weight is 319 g/mol. The van der Waals surface area contributed by atoms with Crippen LogP contribution in [-0.2, 0) is 0 Å². The van der Waals surface area contributed by atoms with Gasteiger partial charge in [-0.15, -0.1) is 5.10 Å². The molecule has 7 heteroatoms. The van der Waals surface area contributed by atoms with Crippen LogP contribution in [0.15, 0.2) is 30.5 Å². The molecule has 22 heavy (non-hydrogen) atoms. The normalized spacial score (nSPS) is 15.8. The van der Waals surface area contributed by atoms with Crippen LogP contribution in [0.4, 0.5) is 17.5 Å². The zero-order valence-electron chi connectivity index (χ0n) is 12.5. The molecule has 1 aromatic carbocycles. The summed E-state index contributed by atoms with van der Waals surface area (Å²) in [6.07, 6.45) is 1.71. The minimum atomic E-state index is 0.484. The second kappa shape index (κ2) is 6.89. The largest absolute Gasteiger partial charge is 0.353 e. The summed E-state index contributed by atoms with van der Waals surface area (Å²) in [5.74, 6) is 1.34. The first-order valence-electron chi connectivity index (χ1n) is 7.44. The van der Waals surface area contributed by atoms with Crippen LogP contribution in [0.1, 0.15) is 6.92 Å². The quantitative estimate of drug-likeness (QED) is 0.934. The molecular weight excluding hydrogens is 300 g/mol. The Morgan fingerprint density at radius 1 is 1.23 bits per heavy atom. The molecule has 0 aliphatic carbocycles. The summed E-state index contributed by atoms with van der Waals surface area (Å²) in [5.41, 5.74) is 0.849. The summed E-state index contributed by atoms with van der Waals surface area (Å²) in [5, 5.41) is 11.9. The van der Waals surface area contributed by atoms with E-state index in [4.69, 9.17) is 11.6 Å². The van der Waals surface area contributed by atoms with E-state index in [9.17, 15) is 0 Å². The third-order valence-electron chi connectivity index (χ3n) is 3.77. The van der Waals surface area contributed by atoms with Crippen molar-refractivity contribution in [3.8, 4) is 0 Å². The van der Waals surface area contributed by atoms with Crippen molar-refractivity contribution in [1.29, 1.82) is 0 Å². The Kier molecular flexibility index (Phi) is 4.70. The van der Waals surface area contributed by atoms with Gasteiger partial charge in [-0.25, -0.2) is 0 Å². The Balaban J connectivity index is 1.70. The molecule has 1 aliphatic heterocycles. The lowest BCUT2D eigenvalue weighted by atomic mass is 10.3. The fourth-order valence-corrected chi connectivity index (χ4v) is 2.68. The first-order valence-corrected chi connectivity index (χ1v) is 7.82. The van der Waals surface area contributed by atoms with E-state index < -0.39 is 0 Å². The number of likely N-dealkylation sites (N-methyl/N-ethyl adjacent to an activating group) is 1. The zero-order valence-corrected chi connectivity index (χ0v) is 13.3. The van der Waals surface area contributed by atoms with Gasteiger partial charge in [0.1, 0.15) is 0 Å². The second-order valence-corrected chi connectivity index (χ2v) is 5.63. The van der Waals surface area contributed by atoms with Crippen molar-refractivity contribution in [3.63, 3.8) is 0 Å². The molecule has 1 aliphatic rings. The molecule has 0 unspecified atom stereocenters. The van der Waals surface area contributed by atoms with Crippen LogP contribution in [0.3, 0.4) is 0 Å². The number of hydrogen-bond donors (Lipinski definition) is 1. The third-order valence-corrected chi connectivity index (χ3v) is 4.01. The highest BCUT2D eigenvalue weighted by Gasteiger charge is 2.17. The number of aromatic nitrogens is 3. The van der Waals surface area contributed by atoms with Gasteiger partial charge in [-0.2, -0.15) is 10.1 Å². The molecule has 2 aromatic rings. The Bertz CT molecular complexity index is 627. The monoisotopic (exact) mass is 318 g/mol. The van der Waals surface area contributed by atoms with Crippen molar-refractivity contribution in [3.05, 3.63) is 35.5 Å². The van der Waals surface area contributed by atoms with E-state index in [-0.39, 0.29) is 0 Å². The molecule has 0 radical (unpaired) electrons. The van der Waals surface area contributed by atoms with Crippen molar-refractivity contribution in [2.45, 2.75) is 6.92 Å². The molecule has 3 rings (SSSR count). The van der Waals surface area contributed by atoms with Crippen LogP contribution >= 0.6 is 11.6 Å². The zero-order chi connectivity index (χ0) is 15.4. The van der Waals surface area contributed by atoms with Gasteiger partial charge in [0.25, 0.3) is 0 Å². The molecule has 0 bridgehead atoms. The molecule has 2 heterocycles. The Hall–Kier alpha value is -1.92. The molecular formula is C15H19ClN6. The topological polar surface area (TPSA) is 57.2 Å². The molecule has 1 saturated heterocycles. The van der Waals surface area contributed by atoms with Crippen LogP contribution < -0.4 is 10.2 Å². The van der Waals surface area contributed by atoms with Gasteiger partial charge in [-0.1, -0.05) is 24.6 Å². The number of anilines is 3. The van der Waals surface area contributed by atoms with Gasteiger partial charge in [0.15, 0.2) is 5.82 Å². The predicted molar refractivity (Wildman–Crippen MR) is 88.9 cm³/mol. The predicted octanol–water partition coefficient (Wildman–Crippen LogP) is 2.41. The number of piperazine rings is 1. The lowest BCUT2D eigenvalue weighted by Crippen LogP contribution is -2.46. The van der Waals surface area contributed by atoms with E-state index in [0.29, 0.717) is 11.0 Å². The van der Waals surface area contributed by atoms with E-state index in [2.05, 4.69) is 37.2 Å². The molecule has 6 nitrogen and oxygen atoms in total. The van der Waals surface area contributed by atoms with Crippen molar-refractivity contribution in [2.75, 3.05) is 42.9 Å². The van der Waals surface area contributed by atoms with Gasteiger partial charge in [0.2, 0.25) is 5.95 Å². The number of hydrogen-bond acceptors (Lipinski definition) is 6. The summed E-state index contributed by atoms with van der Waals surface area (Å²) in [6, 6.07) is 7.46. The van der Waals surface area contributed by atoms with Crippen LogP contribution in [-0.4, -0.2) is 52.8 Å². The van der Waals surface area contributed by atoms with E-state index in [0.717, 1.165) is 44.2 Å². The minimum absolute atomic E-state index is 0.484. The van der Waals surface area contributed by atoms with Crippen molar-refractivity contribution in [2.24, 2.45) is 0 Å². The van der Waals surface area contributed by atoms with Gasteiger partial charge in [0.05, 0.1) is 6.20 Å². The SMILES string of the molecule is CCN1CCN(c2cnnc(Nc3cccc(Cl)c3)n2)CC1. The highest BCUT2D eigenvalue weighted by molar-refractivity contribution is 6.30. The third kappa shape index (κ3) is 3.64. The molecule has 0 saturated carbocycles. The lowest BCUT2D eigenvalue weighted by Gasteiger charge is -2.34. The summed E-state index contributed by atoms with van der Waals surface area (Å²) in [6.45, 7) is 7.31. The van der Waals surface area contributed by atoms with Gasteiger partial charge >= 0.3 is 0 Å². The highest BCUT2D eigenvalue weighted by Crippen LogP contribution is 2.19. The van der Waals surface area contributed by atoms with Crippen LogP contribution in [0.5, 0.6) is 0 Å². The van der Waals surface area contributed by atoms with Gasteiger partial charge < -0.3 is 15.1 Å². The summed E-state index contributed by atoms with van der Waals surface area (Å²) < 4.78 is 0. The average Bonchev–Trinajstić information content (AvgIpc) is 2.55. The summed E-state index contributed by atoms with van der Waals surface area (Å²) in [4.78, 5) is 9.22. The lowest BCUT2D eigenvalue weighted by molar-refractivity contribution is 0.270. The van der Waals surface area contributed by atoms with Gasteiger partial charge in [-0.05, 0) is 24.7 Å². The fraction of sp³-hybridized carbons (Fsp3) is 0.400. The number of halogens is 1. The van der Waals surface area contributed by atoms with E-state index in [1.807, 2.05) is 24.3 Å². The standard InChI is InChI=1S/C15H19ClN6/c1-2-21-6-8-22(9-7-21)14-11-17-20-15(19-14)18-13-5-3-4-12(16)10-13/h3-5,10-11H,2,6-9H2,1H3,(H,18,19,20). The molecule has 0 spiro atoms. The van der Waals surface area contributed by atoms with Crippen LogP contribution in [0, 0.1) is 0 Å². The maximum absolute atomic E-state index is 5.98. The van der Waals surface area contributed by atoms with Crippen LogP contribution in [0.25, 0.3) is 0 Å². The highest BCUT2D eigenvalue weighted by atomic mass is 35.5. The summed E-state index contributed by atoms with van der Waals surface area (Å²) >= 11 is 5.98. The van der Waals surface area contributed by atoms with Gasteiger partial charge in [0, 0.05) is 36.9 Å². The van der Waals surface area contributed by atoms with E-state index >= 15 is 0 Å². The molecule has 0 amide bonds. The Morgan fingerprint density at radius 3 is 2.77 bits per heavy atom. The maximum Gasteiger partial charge on any atom is 0.249 e. The van der Waals surface area contributed by atoms with Crippen molar-refractivity contribution >= 4 is 29.1 Å². The number of rotatable bonds is 4. The molecule has 1 N–H and O–H groups in total. The molecule has 0 atom stereocenters. The number of benzene rings is 1. The summed E-state index contributed by atoms with van der Waals surface area (Å²) in [7, 11) is 0. The van der Waals surface area contributed by atoms with Crippen molar-refractivity contribution < 1.29 is 0 Å². The minimum Gasteiger partial charge on any atom is -0.353 e. The van der Waals surface area contributed by atoms with E-state index in [1.165, 1.54) is 0 Å². The Labute approximate surface area is 135 Å². The first kappa shape index (κ1) is 15.0. The second-order valence-electron chi connectivity index (χ2n) is 5.19. The fourth-order valence-electron chi connectivity index (χ4n) is 2.49. The van der Waals surface area contributed by atoms with Crippen LogP contribution in [0.2, 0.25) is 5.02 Å². The van der Waals surface area contributed by atoms with Gasteiger partial charge in [-0.3, -0.25) is 0 Å². The van der Waals surface area contributed by atoms with E-state index in [1.54, 1.807) is 6.20 Å². The smallest absolute Gasteiger partial charge is 0.249 e. The molecule has 116 valence electrons. The number of nitrogens with one attached hydrogen (secondary N) is 1. The Morgan fingerprint density at radius 2 is 2.05 bits per heavy atom. The molecule has 1 aromatic heterocycles. The maximum atomic E-state index is 5.98. The molecule has 1 fully saturated rings. The van der Waals surface area contributed by atoms with Crippen molar-refractivity contribution in [1.82, 2.24) is 20.1 Å². The number of nitrogens with zero attached hydrogens (tertiary/aromatic N) is 5.